The minimum atomic E-state index is 0.574. The zero-order valence-corrected chi connectivity index (χ0v) is 16.5. The molecule has 2 fully saturated rings. The molecule has 4 nitrogen and oxygen atoms in total. The molecule has 4 rings (SSSR count). The fourth-order valence-corrected chi connectivity index (χ4v) is 4.73. The van der Waals surface area contributed by atoms with Gasteiger partial charge in [-0.3, -0.25) is 9.58 Å². The molecule has 1 spiro atoms. The van der Waals surface area contributed by atoms with Crippen LogP contribution in [0.15, 0.2) is 24.3 Å². The number of hydrogen-bond acceptors (Lipinski definition) is 3. The molecule has 1 N–H and O–H groups in total. The first-order chi connectivity index (χ1) is 12.5. The van der Waals surface area contributed by atoms with Crippen molar-refractivity contribution in [2.45, 2.75) is 53.1 Å². The summed E-state index contributed by atoms with van der Waals surface area (Å²) < 4.78 is 2.19. The van der Waals surface area contributed by atoms with E-state index in [2.05, 4.69) is 59.9 Å². The van der Waals surface area contributed by atoms with E-state index in [9.17, 15) is 0 Å². The topological polar surface area (TPSA) is 33.1 Å². The van der Waals surface area contributed by atoms with Gasteiger partial charge in [0.25, 0.3) is 0 Å². The number of nitrogens with one attached hydrogen (secondary N) is 1. The lowest BCUT2D eigenvalue weighted by molar-refractivity contribution is 0.193. The van der Waals surface area contributed by atoms with Gasteiger partial charge in [-0.25, -0.2) is 0 Å². The summed E-state index contributed by atoms with van der Waals surface area (Å²) in [5, 5.41) is 8.37. The Morgan fingerprint density at radius 3 is 2.46 bits per heavy atom. The van der Waals surface area contributed by atoms with Crippen LogP contribution < -0.4 is 5.32 Å². The summed E-state index contributed by atoms with van der Waals surface area (Å²) in [6.45, 7) is 13.4. The Kier molecular flexibility index (Phi) is 4.89. The predicted octanol–water partition coefficient (Wildman–Crippen LogP) is 3.43. The fraction of sp³-hybridized carbons (Fsp3) is 0.591. The predicted molar refractivity (Wildman–Crippen MR) is 106 cm³/mol. The number of likely N-dealkylation sites (tertiary alicyclic amines) is 1. The Balaban J connectivity index is 1.46. The van der Waals surface area contributed by atoms with E-state index >= 15 is 0 Å². The molecule has 0 radical (unpaired) electrons. The number of benzene rings is 1. The van der Waals surface area contributed by atoms with E-state index in [0.29, 0.717) is 5.41 Å². The third kappa shape index (κ3) is 3.58. The van der Waals surface area contributed by atoms with Gasteiger partial charge in [0.2, 0.25) is 0 Å². The van der Waals surface area contributed by atoms with Gasteiger partial charge in [-0.15, -0.1) is 0 Å². The lowest BCUT2D eigenvalue weighted by atomic mass is 9.78. The van der Waals surface area contributed by atoms with Crippen LogP contribution in [0.25, 0.3) is 0 Å². The zero-order chi connectivity index (χ0) is 18.1. The summed E-state index contributed by atoms with van der Waals surface area (Å²) in [6, 6.07) is 8.80. The third-order valence-corrected chi connectivity index (χ3v) is 6.55. The highest BCUT2D eigenvalue weighted by Gasteiger charge is 2.38. The molecule has 26 heavy (non-hydrogen) atoms. The van der Waals surface area contributed by atoms with Crippen LogP contribution in [0.1, 0.15) is 47.3 Å². The lowest BCUT2D eigenvalue weighted by Gasteiger charge is -2.34. The summed E-state index contributed by atoms with van der Waals surface area (Å²) in [7, 11) is 0. The number of aromatic nitrogens is 2. The minimum Gasteiger partial charge on any atom is -0.317 e. The van der Waals surface area contributed by atoms with Crippen molar-refractivity contribution in [3.63, 3.8) is 0 Å². The molecule has 2 saturated heterocycles. The van der Waals surface area contributed by atoms with E-state index in [1.165, 1.54) is 73.5 Å². The van der Waals surface area contributed by atoms with Crippen LogP contribution in [0.2, 0.25) is 0 Å². The molecule has 0 atom stereocenters. The molecule has 1 aromatic heterocycles. The van der Waals surface area contributed by atoms with Gasteiger partial charge in [-0.1, -0.05) is 29.8 Å². The van der Waals surface area contributed by atoms with Crippen molar-refractivity contribution in [1.82, 2.24) is 20.0 Å². The van der Waals surface area contributed by atoms with Crippen molar-refractivity contribution in [3.8, 4) is 0 Å². The second-order valence-electron chi connectivity index (χ2n) is 8.50. The van der Waals surface area contributed by atoms with Crippen molar-refractivity contribution < 1.29 is 0 Å². The van der Waals surface area contributed by atoms with Gasteiger partial charge in [0, 0.05) is 24.3 Å². The Morgan fingerprint density at radius 1 is 1.00 bits per heavy atom. The first-order valence-corrected chi connectivity index (χ1v) is 10.1. The summed E-state index contributed by atoms with van der Waals surface area (Å²) in [5.74, 6) is 0. The monoisotopic (exact) mass is 352 g/mol. The fourth-order valence-electron chi connectivity index (χ4n) is 4.73. The van der Waals surface area contributed by atoms with Gasteiger partial charge in [0.15, 0.2) is 0 Å². The Bertz CT molecular complexity index is 753. The summed E-state index contributed by atoms with van der Waals surface area (Å²) >= 11 is 0. The van der Waals surface area contributed by atoms with Crippen LogP contribution in [-0.2, 0) is 13.1 Å². The molecule has 0 saturated carbocycles. The SMILES string of the molecule is Cc1ccc(Cn2nc(C)c(CN3CCC4(CCNCC4)C3)c2C)cc1. The zero-order valence-electron chi connectivity index (χ0n) is 16.5. The number of piperidine rings is 1. The quantitative estimate of drug-likeness (QED) is 0.915. The van der Waals surface area contributed by atoms with Crippen LogP contribution in [-0.4, -0.2) is 40.9 Å². The minimum absolute atomic E-state index is 0.574. The summed E-state index contributed by atoms with van der Waals surface area (Å²) in [5.41, 5.74) is 7.16. The molecule has 0 bridgehead atoms. The third-order valence-electron chi connectivity index (χ3n) is 6.55. The molecular weight excluding hydrogens is 320 g/mol. The van der Waals surface area contributed by atoms with Gasteiger partial charge in [0.1, 0.15) is 0 Å². The molecular formula is C22H32N4. The van der Waals surface area contributed by atoms with Crippen LogP contribution in [0.4, 0.5) is 0 Å². The van der Waals surface area contributed by atoms with Gasteiger partial charge in [-0.2, -0.15) is 5.10 Å². The maximum atomic E-state index is 4.85. The molecule has 2 aliphatic heterocycles. The van der Waals surface area contributed by atoms with Crippen molar-refractivity contribution in [2.24, 2.45) is 5.41 Å². The van der Waals surface area contributed by atoms with Crippen LogP contribution in [0, 0.1) is 26.2 Å². The molecule has 1 aromatic carbocycles. The highest BCUT2D eigenvalue weighted by atomic mass is 15.3. The summed E-state index contributed by atoms with van der Waals surface area (Å²) in [6.07, 6.45) is 4.05. The molecule has 3 heterocycles. The average molecular weight is 353 g/mol. The van der Waals surface area contributed by atoms with Crippen molar-refractivity contribution in [2.75, 3.05) is 26.2 Å². The number of hydrogen-bond donors (Lipinski definition) is 1. The normalized spacial score (nSPS) is 20.1. The Labute approximate surface area is 157 Å². The first kappa shape index (κ1) is 17.7. The van der Waals surface area contributed by atoms with E-state index < -0.39 is 0 Å². The van der Waals surface area contributed by atoms with Gasteiger partial charge >= 0.3 is 0 Å². The van der Waals surface area contributed by atoms with E-state index in [4.69, 9.17) is 5.10 Å². The van der Waals surface area contributed by atoms with Crippen molar-refractivity contribution in [1.29, 1.82) is 0 Å². The van der Waals surface area contributed by atoms with Crippen molar-refractivity contribution in [3.05, 3.63) is 52.3 Å². The molecule has 2 aromatic rings. The largest absolute Gasteiger partial charge is 0.317 e. The van der Waals surface area contributed by atoms with E-state index in [-0.39, 0.29) is 0 Å². The standard InChI is InChI=1S/C22H32N4/c1-17-4-6-20(7-5-17)14-26-19(3)21(18(2)24-26)15-25-13-10-22(16-25)8-11-23-12-9-22/h4-7,23H,8-16H2,1-3H3. The molecule has 0 aliphatic carbocycles. The van der Waals surface area contributed by atoms with Crippen LogP contribution in [0.5, 0.6) is 0 Å². The highest BCUT2D eigenvalue weighted by molar-refractivity contribution is 5.27. The van der Waals surface area contributed by atoms with E-state index in [1.54, 1.807) is 0 Å². The smallest absolute Gasteiger partial charge is 0.0662 e. The van der Waals surface area contributed by atoms with Crippen LogP contribution in [0.3, 0.4) is 0 Å². The maximum absolute atomic E-state index is 4.85. The lowest BCUT2D eigenvalue weighted by Crippen LogP contribution is -2.38. The highest BCUT2D eigenvalue weighted by Crippen LogP contribution is 2.39. The second-order valence-corrected chi connectivity index (χ2v) is 8.50. The number of nitrogens with zero attached hydrogens (tertiary/aromatic N) is 3. The Morgan fingerprint density at radius 2 is 1.73 bits per heavy atom. The van der Waals surface area contributed by atoms with Gasteiger partial charge in [-0.05, 0) is 70.6 Å². The van der Waals surface area contributed by atoms with E-state index in [0.717, 1.165) is 13.1 Å². The maximum Gasteiger partial charge on any atom is 0.0662 e. The molecule has 0 amide bonds. The average Bonchev–Trinajstić information content (AvgIpc) is 3.14. The summed E-state index contributed by atoms with van der Waals surface area (Å²) in [4.78, 5) is 2.67. The van der Waals surface area contributed by atoms with Crippen molar-refractivity contribution >= 4 is 0 Å². The van der Waals surface area contributed by atoms with Crippen LogP contribution >= 0.6 is 0 Å². The molecule has 140 valence electrons. The second kappa shape index (κ2) is 7.16. The molecule has 0 unspecified atom stereocenters. The molecule has 2 aliphatic rings. The first-order valence-electron chi connectivity index (χ1n) is 10.1. The van der Waals surface area contributed by atoms with E-state index in [1.807, 2.05) is 0 Å². The Hall–Kier alpha value is -1.65. The number of rotatable bonds is 4. The molecule has 4 heteroatoms. The van der Waals surface area contributed by atoms with Gasteiger partial charge < -0.3 is 5.32 Å². The van der Waals surface area contributed by atoms with Gasteiger partial charge in [0.05, 0.1) is 12.2 Å². The number of aryl methyl sites for hydroxylation is 2.